The molecule has 0 saturated heterocycles. The van der Waals surface area contributed by atoms with Crippen molar-refractivity contribution in [3.05, 3.63) is 69.3 Å². The van der Waals surface area contributed by atoms with Crippen LogP contribution in [0.3, 0.4) is 0 Å². The molecular weight excluding hydrogens is 376 g/mol. The third kappa shape index (κ3) is 5.86. The number of aromatic hydroxyl groups is 1. The molecule has 0 aliphatic rings. The van der Waals surface area contributed by atoms with Gasteiger partial charge in [-0.25, -0.2) is 5.43 Å². The van der Waals surface area contributed by atoms with Crippen molar-refractivity contribution in [1.29, 1.82) is 0 Å². The molecule has 1 unspecified atom stereocenters. The molecule has 0 spiro atoms. The number of benzene rings is 2. The smallest absolute Gasteiger partial charge is 0.311 e. The lowest BCUT2D eigenvalue weighted by atomic mass is 10.0. The molecule has 2 rings (SSSR count). The zero-order valence-electron chi connectivity index (χ0n) is 16.2. The summed E-state index contributed by atoms with van der Waals surface area (Å²) in [5.74, 6) is -1.56. The van der Waals surface area contributed by atoms with E-state index in [0.29, 0.717) is 11.1 Å². The standard InChI is InChI=1S/C20H22N4O5/c1-12(2)18(22-19(26)15-7-4-13(3)5-8-15)20(27)23-21-11-14-6-9-17(25)16(10-14)24(28)29/h4-12,18,25H,1-3H3,(H,22,26)(H,23,27)/b21-11+. The number of hydrogen-bond acceptors (Lipinski definition) is 6. The molecule has 0 saturated carbocycles. The fourth-order valence-electron chi connectivity index (χ4n) is 2.47. The van der Waals surface area contributed by atoms with Gasteiger partial charge < -0.3 is 10.4 Å². The second kappa shape index (κ2) is 9.45. The molecule has 2 aromatic rings. The van der Waals surface area contributed by atoms with Gasteiger partial charge in [0.15, 0.2) is 5.75 Å². The number of aryl methyl sites for hydroxylation is 1. The van der Waals surface area contributed by atoms with Crippen LogP contribution in [0.5, 0.6) is 5.75 Å². The Morgan fingerprint density at radius 1 is 1.17 bits per heavy atom. The molecule has 0 heterocycles. The van der Waals surface area contributed by atoms with Crippen LogP contribution in [-0.2, 0) is 4.79 Å². The Balaban J connectivity index is 2.05. The van der Waals surface area contributed by atoms with Crippen LogP contribution in [0.25, 0.3) is 0 Å². The Kier molecular flexibility index (Phi) is 7.02. The Bertz CT molecular complexity index is 938. The van der Waals surface area contributed by atoms with Gasteiger partial charge in [0.25, 0.3) is 11.8 Å². The van der Waals surface area contributed by atoms with Crippen molar-refractivity contribution in [3.63, 3.8) is 0 Å². The van der Waals surface area contributed by atoms with E-state index in [-0.39, 0.29) is 11.8 Å². The van der Waals surface area contributed by atoms with Crippen molar-refractivity contribution in [2.24, 2.45) is 11.0 Å². The third-order valence-electron chi connectivity index (χ3n) is 4.13. The molecule has 152 valence electrons. The molecule has 0 radical (unpaired) electrons. The van der Waals surface area contributed by atoms with E-state index < -0.39 is 28.3 Å². The molecule has 3 N–H and O–H groups in total. The number of phenols is 1. The van der Waals surface area contributed by atoms with Gasteiger partial charge in [-0.1, -0.05) is 31.5 Å². The van der Waals surface area contributed by atoms with E-state index in [2.05, 4.69) is 15.8 Å². The van der Waals surface area contributed by atoms with Crippen molar-refractivity contribution < 1.29 is 19.6 Å². The van der Waals surface area contributed by atoms with Crippen LogP contribution >= 0.6 is 0 Å². The highest BCUT2D eigenvalue weighted by Crippen LogP contribution is 2.25. The quantitative estimate of drug-likeness (QED) is 0.374. The molecular formula is C20H22N4O5. The van der Waals surface area contributed by atoms with Crippen LogP contribution in [0.4, 0.5) is 5.69 Å². The maximum atomic E-state index is 12.4. The summed E-state index contributed by atoms with van der Waals surface area (Å²) in [6.45, 7) is 5.48. The van der Waals surface area contributed by atoms with Crippen LogP contribution in [0.2, 0.25) is 0 Å². The summed E-state index contributed by atoms with van der Waals surface area (Å²) in [7, 11) is 0. The number of nitrogens with zero attached hydrogens (tertiary/aromatic N) is 2. The van der Waals surface area contributed by atoms with Gasteiger partial charge >= 0.3 is 5.69 Å². The summed E-state index contributed by atoms with van der Waals surface area (Å²) in [6, 6.07) is 9.85. The molecule has 2 amide bonds. The summed E-state index contributed by atoms with van der Waals surface area (Å²) in [4.78, 5) is 35.0. The first kappa shape index (κ1) is 21.5. The normalized spacial score (nSPS) is 12.0. The number of hydrogen-bond donors (Lipinski definition) is 3. The number of nitro groups is 1. The molecule has 9 nitrogen and oxygen atoms in total. The minimum Gasteiger partial charge on any atom is -0.502 e. The zero-order valence-corrected chi connectivity index (χ0v) is 16.2. The first-order valence-electron chi connectivity index (χ1n) is 8.87. The number of hydrazone groups is 1. The molecule has 0 bridgehead atoms. The first-order valence-corrected chi connectivity index (χ1v) is 8.87. The summed E-state index contributed by atoms with van der Waals surface area (Å²) in [6.07, 6.45) is 1.21. The lowest BCUT2D eigenvalue weighted by molar-refractivity contribution is -0.385. The van der Waals surface area contributed by atoms with Crippen LogP contribution in [0.1, 0.15) is 35.3 Å². The van der Waals surface area contributed by atoms with Crippen molar-refractivity contribution in [2.45, 2.75) is 26.8 Å². The average Bonchev–Trinajstić information content (AvgIpc) is 2.67. The lowest BCUT2D eigenvalue weighted by Gasteiger charge is -2.20. The topological polar surface area (TPSA) is 134 Å². The zero-order chi connectivity index (χ0) is 21.6. The van der Waals surface area contributed by atoms with E-state index in [9.17, 15) is 24.8 Å². The van der Waals surface area contributed by atoms with Gasteiger partial charge in [-0.05, 0) is 37.1 Å². The van der Waals surface area contributed by atoms with Crippen molar-refractivity contribution in [3.8, 4) is 5.75 Å². The number of carbonyl (C=O) groups is 2. The third-order valence-corrected chi connectivity index (χ3v) is 4.13. The Morgan fingerprint density at radius 2 is 1.83 bits per heavy atom. The van der Waals surface area contributed by atoms with Gasteiger partial charge in [-0.2, -0.15) is 5.10 Å². The maximum absolute atomic E-state index is 12.4. The summed E-state index contributed by atoms with van der Waals surface area (Å²) in [5.41, 5.74) is 3.63. The molecule has 0 aromatic heterocycles. The van der Waals surface area contributed by atoms with Crippen molar-refractivity contribution in [2.75, 3.05) is 0 Å². The van der Waals surface area contributed by atoms with Crippen LogP contribution < -0.4 is 10.7 Å². The predicted octanol–water partition coefficient (Wildman–Crippen LogP) is 2.51. The Labute approximate surface area is 167 Å². The predicted molar refractivity (Wildman–Crippen MR) is 108 cm³/mol. The van der Waals surface area contributed by atoms with Gasteiger partial charge in [0.1, 0.15) is 6.04 Å². The van der Waals surface area contributed by atoms with E-state index in [1.807, 2.05) is 6.92 Å². The highest BCUT2D eigenvalue weighted by molar-refractivity contribution is 5.97. The summed E-state index contributed by atoms with van der Waals surface area (Å²) >= 11 is 0. The number of amides is 2. The molecule has 0 aliphatic carbocycles. The van der Waals surface area contributed by atoms with E-state index in [1.165, 1.54) is 18.3 Å². The average molecular weight is 398 g/mol. The van der Waals surface area contributed by atoms with E-state index in [0.717, 1.165) is 11.6 Å². The SMILES string of the molecule is Cc1ccc(C(=O)NC(C(=O)N/N=C/c2ccc(O)c([N+](=O)[O-])c2)C(C)C)cc1. The highest BCUT2D eigenvalue weighted by atomic mass is 16.6. The number of phenolic OH excluding ortho intramolecular Hbond substituents is 1. The number of rotatable bonds is 7. The van der Waals surface area contributed by atoms with E-state index >= 15 is 0 Å². The maximum Gasteiger partial charge on any atom is 0.311 e. The van der Waals surface area contributed by atoms with Crippen LogP contribution in [-0.4, -0.2) is 34.1 Å². The summed E-state index contributed by atoms with van der Waals surface area (Å²) < 4.78 is 0. The lowest BCUT2D eigenvalue weighted by Crippen LogP contribution is -2.48. The van der Waals surface area contributed by atoms with Gasteiger partial charge in [0, 0.05) is 17.2 Å². The molecule has 0 fully saturated rings. The molecule has 0 aliphatic heterocycles. The highest BCUT2D eigenvalue weighted by Gasteiger charge is 2.24. The van der Waals surface area contributed by atoms with Crippen LogP contribution in [0.15, 0.2) is 47.6 Å². The Hall–Kier alpha value is -3.75. The monoisotopic (exact) mass is 398 g/mol. The fraction of sp³-hybridized carbons (Fsp3) is 0.250. The van der Waals surface area contributed by atoms with Gasteiger partial charge in [-0.15, -0.1) is 0 Å². The second-order valence-corrected chi connectivity index (χ2v) is 6.80. The van der Waals surface area contributed by atoms with Crippen molar-refractivity contribution in [1.82, 2.24) is 10.7 Å². The summed E-state index contributed by atoms with van der Waals surface area (Å²) in [5, 5.41) is 26.8. The van der Waals surface area contributed by atoms with E-state index in [4.69, 9.17) is 0 Å². The second-order valence-electron chi connectivity index (χ2n) is 6.80. The number of carbonyl (C=O) groups excluding carboxylic acids is 2. The van der Waals surface area contributed by atoms with Gasteiger partial charge in [0.05, 0.1) is 11.1 Å². The molecule has 1 atom stereocenters. The van der Waals surface area contributed by atoms with Crippen molar-refractivity contribution >= 4 is 23.7 Å². The fourth-order valence-corrected chi connectivity index (χ4v) is 2.47. The first-order chi connectivity index (χ1) is 13.7. The minimum atomic E-state index is -0.824. The number of nitrogens with one attached hydrogen (secondary N) is 2. The van der Waals surface area contributed by atoms with E-state index in [1.54, 1.807) is 38.1 Å². The molecule has 2 aromatic carbocycles. The van der Waals surface area contributed by atoms with Gasteiger partial charge in [0.2, 0.25) is 0 Å². The largest absolute Gasteiger partial charge is 0.502 e. The minimum absolute atomic E-state index is 0.200. The number of nitro benzene ring substituents is 1. The van der Waals surface area contributed by atoms with Crippen LogP contribution in [0, 0.1) is 23.0 Å². The Morgan fingerprint density at radius 3 is 2.41 bits per heavy atom. The molecule has 29 heavy (non-hydrogen) atoms. The van der Waals surface area contributed by atoms with Gasteiger partial charge in [-0.3, -0.25) is 19.7 Å². The molecule has 9 heteroatoms.